The number of fused-ring (bicyclic) bond motifs is 5. The number of aliphatic hydroxyl groups excluding tert-OH is 1. The van der Waals surface area contributed by atoms with Crippen LogP contribution in [0.4, 0.5) is 0 Å². The van der Waals surface area contributed by atoms with E-state index in [1.54, 1.807) is 35.9 Å². The quantitative estimate of drug-likeness (QED) is 0.185. The number of aromatic carboxylic acids is 1. The molecular weight excluding hydrogens is 627 g/mol. The van der Waals surface area contributed by atoms with Crippen molar-refractivity contribution in [2.24, 2.45) is 5.41 Å². The van der Waals surface area contributed by atoms with Crippen LogP contribution >= 0.6 is 0 Å². The lowest BCUT2D eigenvalue weighted by atomic mass is 9.63. The van der Waals surface area contributed by atoms with Crippen LogP contribution in [0.3, 0.4) is 0 Å². The summed E-state index contributed by atoms with van der Waals surface area (Å²) in [6.07, 6.45) is 13.3. The molecule has 0 radical (unpaired) electrons. The fourth-order valence-corrected chi connectivity index (χ4v) is 8.40. The maximum absolute atomic E-state index is 11.9. The van der Waals surface area contributed by atoms with E-state index >= 15 is 0 Å². The van der Waals surface area contributed by atoms with Crippen LogP contribution < -0.4 is 0 Å². The van der Waals surface area contributed by atoms with E-state index in [1.807, 2.05) is 30.6 Å². The SMILES string of the molecule is CC1(C)C=CC2=C(C1)CC(C)(C)c1c2ccc2cc(-c3ccc4ccccc4c3C(O)/C=C/c3ccc(C(=O)O)cc3)cc(-c3ccncc3)c12. The first-order chi connectivity index (χ1) is 24.5. The average molecular weight is 668 g/mol. The number of carbonyl (C=O) groups is 1. The lowest BCUT2D eigenvalue weighted by Crippen LogP contribution is -2.28. The molecule has 1 unspecified atom stereocenters. The molecule has 2 N–H and O–H groups in total. The Hall–Kier alpha value is -5.58. The molecule has 51 heavy (non-hydrogen) atoms. The monoisotopic (exact) mass is 667 g/mol. The molecule has 2 aliphatic carbocycles. The number of aromatic nitrogens is 1. The van der Waals surface area contributed by atoms with E-state index in [9.17, 15) is 15.0 Å². The molecule has 0 saturated carbocycles. The fourth-order valence-electron chi connectivity index (χ4n) is 8.40. The minimum absolute atomic E-state index is 0.0734. The number of nitrogens with zero attached hydrogens (tertiary/aromatic N) is 1. The summed E-state index contributed by atoms with van der Waals surface area (Å²) in [5.74, 6) is -0.965. The van der Waals surface area contributed by atoms with Crippen molar-refractivity contribution in [2.45, 2.75) is 52.1 Å². The van der Waals surface area contributed by atoms with Crippen molar-refractivity contribution < 1.29 is 15.0 Å². The molecule has 0 bridgehead atoms. The van der Waals surface area contributed by atoms with Crippen molar-refractivity contribution in [3.8, 4) is 22.3 Å². The van der Waals surface area contributed by atoms with Crippen molar-refractivity contribution in [3.63, 3.8) is 0 Å². The number of benzene rings is 5. The standard InChI is InChI=1S/C47H41NO3/c1-46(2)22-19-36-35(27-46)28-47(3,4)44-39(36)17-15-33-25-34(26-40(42(33)44)31-20-23-48-24-21-31)38-16-14-30-7-5-6-8-37(30)43(38)41(49)18-11-29-9-12-32(13-10-29)45(50)51/h5-26,41,49H,27-28H2,1-4H3,(H,50,51)/b18-11+. The van der Waals surface area contributed by atoms with Gasteiger partial charge in [-0.15, -0.1) is 0 Å². The summed E-state index contributed by atoms with van der Waals surface area (Å²) >= 11 is 0. The zero-order valence-electron chi connectivity index (χ0n) is 29.4. The fraction of sp³-hybridized carbons (Fsp3) is 0.191. The van der Waals surface area contributed by atoms with E-state index in [4.69, 9.17) is 0 Å². The van der Waals surface area contributed by atoms with E-state index in [-0.39, 0.29) is 16.4 Å². The van der Waals surface area contributed by atoms with Crippen LogP contribution in [0, 0.1) is 5.41 Å². The van der Waals surface area contributed by atoms with Gasteiger partial charge in [0, 0.05) is 18.0 Å². The van der Waals surface area contributed by atoms with Gasteiger partial charge in [0.1, 0.15) is 0 Å². The number of carboxylic acid groups (broad SMARTS) is 1. The summed E-state index contributed by atoms with van der Waals surface area (Å²) in [6, 6.07) is 32.5. The highest BCUT2D eigenvalue weighted by Crippen LogP contribution is 2.53. The summed E-state index contributed by atoms with van der Waals surface area (Å²) in [5.41, 5.74) is 11.8. The minimum atomic E-state index is -0.965. The first-order valence-corrected chi connectivity index (χ1v) is 17.6. The van der Waals surface area contributed by atoms with Crippen LogP contribution in [0.1, 0.15) is 79.3 Å². The number of aliphatic hydroxyl groups is 1. The van der Waals surface area contributed by atoms with E-state index in [2.05, 4.69) is 105 Å². The van der Waals surface area contributed by atoms with E-state index in [0.717, 1.165) is 62.4 Å². The van der Waals surface area contributed by atoms with Crippen molar-refractivity contribution in [2.75, 3.05) is 0 Å². The molecule has 8 rings (SSSR count). The number of hydrogen-bond acceptors (Lipinski definition) is 3. The van der Waals surface area contributed by atoms with E-state index < -0.39 is 12.1 Å². The molecule has 0 spiro atoms. The highest BCUT2D eigenvalue weighted by Gasteiger charge is 2.37. The predicted molar refractivity (Wildman–Crippen MR) is 210 cm³/mol. The van der Waals surface area contributed by atoms with E-state index in [0.29, 0.717) is 0 Å². The molecule has 252 valence electrons. The second-order valence-electron chi connectivity index (χ2n) is 15.4. The third-order valence-corrected chi connectivity index (χ3v) is 10.7. The lowest BCUT2D eigenvalue weighted by molar-refractivity contribution is 0.0697. The Bertz CT molecular complexity index is 2450. The zero-order chi connectivity index (χ0) is 35.5. The summed E-state index contributed by atoms with van der Waals surface area (Å²) < 4.78 is 0. The Morgan fingerprint density at radius 2 is 1.51 bits per heavy atom. The third kappa shape index (κ3) is 5.90. The first kappa shape index (κ1) is 32.6. The van der Waals surface area contributed by atoms with Gasteiger partial charge in [0.15, 0.2) is 0 Å². The highest BCUT2D eigenvalue weighted by atomic mass is 16.4. The Labute approximate surface area is 299 Å². The Morgan fingerprint density at radius 3 is 2.27 bits per heavy atom. The van der Waals surface area contributed by atoms with E-state index in [1.165, 1.54) is 22.1 Å². The van der Waals surface area contributed by atoms with Crippen LogP contribution in [0.25, 0.3) is 55.4 Å². The van der Waals surface area contributed by atoms with Crippen molar-refractivity contribution in [1.82, 2.24) is 4.98 Å². The van der Waals surface area contributed by atoms with Crippen LogP contribution in [0.2, 0.25) is 0 Å². The zero-order valence-corrected chi connectivity index (χ0v) is 29.4. The maximum Gasteiger partial charge on any atom is 0.335 e. The number of allylic oxidation sites excluding steroid dienone is 4. The van der Waals surface area contributed by atoms with Gasteiger partial charge in [-0.25, -0.2) is 4.79 Å². The molecule has 2 aliphatic rings. The molecule has 1 aromatic heterocycles. The largest absolute Gasteiger partial charge is 0.478 e. The smallest absolute Gasteiger partial charge is 0.335 e. The highest BCUT2D eigenvalue weighted by molar-refractivity contribution is 6.06. The molecular formula is C47H41NO3. The second-order valence-corrected chi connectivity index (χ2v) is 15.4. The van der Waals surface area contributed by atoms with Gasteiger partial charge in [-0.1, -0.05) is 118 Å². The second kappa shape index (κ2) is 12.3. The summed E-state index contributed by atoms with van der Waals surface area (Å²) in [5, 5.41) is 25.7. The topological polar surface area (TPSA) is 70.4 Å². The molecule has 0 amide bonds. The Balaban J connectivity index is 1.34. The molecule has 1 heterocycles. The number of pyridine rings is 1. The van der Waals surface area contributed by atoms with Gasteiger partial charge >= 0.3 is 5.97 Å². The van der Waals surface area contributed by atoms with Crippen molar-refractivity contribution >= 4 is 39.2 Å². The minimum Gasteiger partial charge on any atom is -0.478 e. The van der Waals surface area contributed by atoms with Crippen LogP contribution in [0.15, 0.2) is 133 Å². The molecule has 0 fully saturated rings. The van der Waals surface area contributed by atoms with Gasteiger partial charge < -0.3 is 10.2 Å². The molecule has 4 heteroatoms. The first-order valence-electron chi connectivity index (χ1n) is 17.6. The van der Waals surface area contributed by atoms with Crippen LogP contribution in [-0.4, -0.2) is 21.2 Å². The molecule has 6 aromatic rings. The Morgan fingerprint density at radius 1 is 0.784 bits per heavy atom. The molecule has 1 atom stereocenters. The summed E-state index contributed by atoms with van der Waals surface area (Å²) in [4.78, 5) is 15.7. The van der Waals surface area contributed by atoms with Crippen LogP contribution in [-0.2, 0) is 5.41 Å². The van der Waals surface area contributed by atoms with Gasteiger partial charge in [0.05, 0.1) is 11.7 Å². The average Bonchev–Trinajstić information content (AvgIpc) is 3.12. The van der Waals surface area contributed by atoms with Gasteiger partial charge in [-0.3, -0.25) is 4.98 Å². The van der Waals surface area contributed by atoms with Gasteiger partial charge in [-0.2, -0.15) is 0 Å². The third-order valence-electron chi connectivity index (χ3n) is 10.7. The van der Waals surface area contributed by atoms with Crippen molar-refractivity contribution in [1.29, 1.82) is 0 Å². The van der Waals surface area contributed by atoms with Crippen molar-refractivity contribution in [3.05, 3.63) is 161 Å². The van der Waals surface area contributed by atoms with Gasteiger partial charge in [0.25, 0.3) is 0 Å². The number of hydrogen-bond donors (Lipinski definition) is 2. The molecule has 0 aliphatic heterocycles. The van der Waals surface area contributed by atoms with Gasteiger partial charge in [0.2, 0.25) is 0 Å². The summed E-state index contributed by atoms with van der Waals surface area (Å²) in [6.45, 7) is 9.44. The molecule has 4 nitrogen and oxygen atoms in total. The Kier molecular flexibility index (Phi) is 7.88. The molecule has 5 aromatic carbocycles. The summed E-state index contributed by atoms with van der Waals surface area (Å²) in [7, 11) is 0. The predicted octanol–water partition coefficient (Wildman–Crippen LogP) is 11.6. The normalized spacial score (nSPS) is 16.7. The number of rotatable bonds is 6. The maximum atomic E-state index is 11.9. The van der Waals surface area contributed by atoms with Gasteiger partial charge in [-0.05, 0) is 126 Å². The number of carboxylic acids is 1. The lowest BCUT2D eigenvalue weighted by Gasteiger charge is -2.40. The van der Waals surface area contributed by atoms with Crippen LogP contribution in [0.5, 0.6) is 0 Å². The molecule has 0 saturated heterocycles.